The molecule has 12 heteroatoms. The minimum atomic E-state index is -0.325. The molecule has 4 aliphatic heterocycles. The molecule has 10 rings (SSSR count). The predicted molar refractivity (Wildman–Crippen MR) is 182 cm³/mol. The fraction of sp³-hybridized carbons (Fsp3) is 0.757. The van der Waals surface area contributed by atoms with Crippen LogP contribution in [0.3, 0.4) is 0 Å². The lowest BCUT2D eigenvalue weighted by Gasteiger charge is -2.73. The maximum absolute atomic E-state index is 14.2. The van der Waals surface area contributed by atoms with E-state index in [1.54, 1.807) is 0 Å². The number of rotatable bonds is 8. The standard InChI is InChI=1S/C37H53N9O3/c1-24(2)49-30-7-4-25(17-38-30)32-28-16-27(5-6-29(28)40-41-32)46-15-11-35(34(46)48)10-14-44(22-35)18-31(47)45-12-8-26(9-13-45)36-19-37(20-36,21-36)33-39-23-43(3)42-33/h4,7,17,23-24,26-29,32,40-41H,5-6,8-16,18-22H2,1-3H3/t27?,28?,29?,32?,35-,36?,37?/m0/s1. The van der Waals surface area contributed by atoms with Gasteiger partial charge in [-0.1, -0.05) is 6.07 Å². The fourth-order valence-electron chi connectivity index (χ4n) is 11.4. The van der Waals surface area contributed by atoms with E-state index in [-0.39, 0.29) is 34.9 Å². The van der Waals surface area contributed by atoms with Crippen LogP contribution in [-0.4, -0.2) is 104 Å². The third-order valence-electron chi connectivity index (χ3n) is 13.8. The van der Waals surface area contributed by atoms with Crippen molar-refractivity contribution in [2.45, 2.75) is 108 Å². The number of hydrogen-bond acceptors (Lipinski definition) is 9. The van der Waals surface area contributed by atoms with E-state index >= 15 is 0 Å². The van der Waals surface area contributed by atoms with Crippen LogP contribution in [0.4, 0.5) is 0 Å². The Morgan fingerprint density at radius 2 is 1.80 bits per heavy atom. The first kappa shape index (κ1) is 31.9. The lowest BCUT2D eigenvalue weighted by Crippen LogP contribution is -2.68. The quantitative estimate of drug-likeness (QED) is 0.437. The Hall–Kier alpha value is -3.09. The van der Waals surface area contributed by atoms with Gasteiger partial charge < -0.3 is 14.5 Å². The van der Waals surface area contributed by atoms with Crippen molar-refractivity contribution < 1.29 is 14.3 Å². The van der Waals surface area contributed by atoms with Crippen molar-refractivity contribution in [1.29, 1.82) is 0 Å². The zero-order valence-corrected chi connectivity index (χ0v) is 29.4. The minimum Gasteiger partial charge on any atom is -0.475 e. The van der Waals surface area contributed by atoms with E-state index in [1.807, 2.05) is 44.2 Å². The summed E-state index contributed by atoms with van der Waals surface area (Å²) < 4.78 is 7.58. The second-order valence-corrected chi connectivity index (χ2v) is 17.2. The smallest absolute Gasteiger partial charge is 0.236 e. The third-order valence-corrected chi connectivity index (χ3v) is 13.8. The highest BCUT2D eigenvalue weighted by molar-refractivity contribution is 5.86. The van der Waals surface area contributed by atoms with Crippen LogP contribution in [0.1, 0.15) is 95.5 Å². The molecule has 8 aliphatic rings. The van der Waals surface area contributed by atoms with Crippen molar-refractivity contribution in [1.82, 2.24) is 45.3 Å². The molecule has 4 aliphatic carbocycles. The van der Waals surface area contributed by atoms with E-state index < -0.39 is 0 Å². The summed E-state index contributed by atoms with van der Waals surface area (Å²) >= 11 is 0. The molecule has 4 unspecified atom stereocenters. The van der Waals surface area contributed by atoms with Crippen LogP contribution in [-0.2, 0) is 22.1 Å². The SMILES string of the molecule is CC(C)Oc1ccc(C2NNC3CCC(N4CC[C@]5(CCN(CC(=O)N6CCC(C78CC(c9ncn(C)n9)(C7)C8)CC6)C5)C4=O)CC32)cn1. The van der Waals surface area contributed by atoms with Gasteiger partial charge in [-0.2, -0.15) is 5.10 Å². The average Bonchev–Trinajstić information content (AvgIpc) is 3.84. The molecular weight excluding hydrogens is 618 g/mol. The van der Waals surface area contributed by atoms with E-state index in [2.05, 4.69) is 46.7 Å². The summed E-state index contributed by atoms with van der Waals surface area (Å²) in [7, 11) is 1.95. The number of carbonyl (C=O) groups is 2. The monoisotopic (exact) mass is 671 g/mol. The van der Waals surface area contributed by atoms with Gasteiger partial charge in [-0.15, -0.1) is 0 Å². The van der Waals surface area contributed by atoms with Crippen molar-refractivity contribution in [3.63, 3.8) is 0 Å². The molecule has 264 valence electrons. The molecule has 6 heterocycles. The van der Waals surface area contributed by atoms with E-state index in [4.69, 9.17) is 4.74 Å². The van der Waals surface area contributed by atoms with Gasteiger partial charge in [-0.3, -0.25) is 24.6 Å². The number of aryl methyl sites for hydroxylation is 1. The maximum Gasteiger partial charge on any atom is 0.236 e. The topological polar surface area (TPSA) is 121 Å². The Bertz CT molecular complexity index is 1570. The molecule has 0 aromatic carbocycles. The largest absolute Gasteiger partial charge is 0.475 e. The number of pyridine rings is 1. The molecule has 5 atom stereocenters. The number of fused-ring (bicyclic) bond motifs is 1. The number of hydrogen-bond donors (Lipinski definition) is 2. The lowest BCUT2D eigenvalue weighted by molar-refractivity contribution is -0.195. The molecule has 12 nitrogen and oxygen atoms in total. The first-order valence-corrected chi connectivity index (χ1v) is 19.0. The van der Waals surface area contributed by atoms with Gasteiger partial charge in [0.1, 0.15) is 6.33 Å². The molecule has 2 N–H and O–H groups in total. The highest BCUT2D eigenvalue weighted by atomic mass is 16.5. The maximum atomic E-state index is 14.2. The summed E-state index contributed by atoms with van der Waals surface area (Å²) in [6.07, 6.45) is 14.6. The number of nitrogens with zero attached hydrogens (tertiary/aromatic N) is 7. The van der Waals surface area contributed by atoms with Crippen LogP contribution in [0.25, 0.3) is 0 Å². The Labute approximate surface area is 289 Å². The first-order valence-electron chi connectivity index (χ1n) is 19.0. The number of hydrazine groups is 1. The second-order valence-electron chi connectivity index (χ2n) is 17.2. The van der Waals surface area contributed by atoms with Crippen molar-refractivity contribution in [2.24, 2.45) is 29.7 Å². The Balaban J connectivity index is 0.759. The van der Waals surface area contributed by atoms with Gasteiger partial charge in [0, 0.05) is 63.0 Å². The molecule has 1 spiro atoms. The summed E-state index contributed by atoms with van der Waals surface area (Å²) in [4.78, 5) is 43.4. The summed E-state index contributed by atoms with van der Waals surface area (Å²) in [5.41, 5.74) is 8.61. The van der Waals surface area contributed by atoms with E-state index in [1.165, 1.54) is 19.3 Å². The number of nitrogens with one attached hydrogen (secondary N) is 2. The molecule has 2 aromatic rings. The Morgan fingerprint density at radius 3 is 2.51 bits per heavy atom. The van der Waals surface area contributed by atoms with Crippen LogP contribution >= 0.6 is 0 Å². The number of aromatic nitrogens is 4. The second kappa shape index (κ2) is 11.7. The van der Waals surface area contributed by atoms with E-state index in [0.29, 0.717) is 41.6 Å². The van der Waals surface area contributed by atoms with E-state index in [0.717, 1.165) is 89.1 Å². The summed E-state index contributed by atoms with van der Waals surface area (Å²) in [5.74, 6) is 3.37. The van der Waals surface area contributed by atoms with Crippen LogP contribution in [0.15, 0.2) is 24.7 Å². The fourth-order valence-corrected chi connectivity index (χ4v) is 11.4. The molecule has 2 bridgehead atoms. The van der Waals surface area contributed by atoms with Crippen LogP contribution in [0, 0.1) is 22.7 Å². The van der Waals surface area contributed by atoms with Gasteiger partial charge in [0.15, 0.2) is 5.82 Å². The molecule has 8 fully saturated rings. The lowest BCUT2D eigenvalue weighted by atomic mass is 9.31. The summed E-state index contributed by atoms with van der Waals surface area (Å²) in [6, 6.07) is 4.91. The van der Waals surface area contributed by atoms with Crippen molar-refractivity contribution >= 4 is 11.8 Å². The normalized spacial score (nSPS) is 37.5. The first-order chi connectivity index (χ1) is 23.6. The number of likely N-dealkylation sites (tertiary alicyclic amines) is 3. The van der Waals surface area contributed by atoms with Crippen LogP contribution < -0.4 is 15.6 Å². The highest BCUT2D eigenvalue weighted by Crippen LogP contribution is 2.76. The molecule has 2 amide bonds. The molecular formula is C37H53N9O3. The Morgan fingerprint density at radius 1 is 1.00 bits per heavy atom. The van der Waals surface area contributed by atoms with Gasteiger partial charge in [0.25, 0.3) is 0 Å². The molecule has 49 heavy (non-hydrogen) atoms. The highest BCUT2D eigenvalue weighted by Gasteiger charge is 2.72. The zero-order chi connectivity index (χ0) is 33.5. The Kier molecular flexibility index (Phi) is 7.63. The van der Waals surface area contributed by atoms with E-state index in [9.17, 15) is 9.59 Å². The van der Waals surface area contributed by atoms with Gasteiger partial charge in [0.2, 0.25) is 17.7 Å². The summed E-state index contributed by atoms with van der Waals surface area (Å²) in [5, 5.41) is 4.61. The average molecular weight is 672 g/mol. The van der Waals surface area contributed by atoms with Gasteiger partial charge in [-0.25, -0.2) is 15.4 Å². The molecule has 4 saturated heterocycles. The van der Waals surface area contributed by atoms with Gasteiger partial charge >= 0.3 is 0 Å². The third kappa shape index (κ3) is 5.30. The predicted octanol–water partition coefficient (Wildman–Crippen LogP) is 2.97. The van der Waals surface area contributed by atoms with Gasteiger partial charge in [0.05, 0.1) is 24.1 Å². The van der Waals surface area contributed by atoms with Crippen LogP contribution in [0.2, 0.25) is 0 Å². The van der Waals surface area contributed by atoms with Crippen molar-refractivity contribution in [3.05, 3.63) is 36.0 Å². The summed E-state index contributed by atoms with van der Waals surface area (Å²) in [6.45, 7) is 8.59. The minimum absolute atomic E-state index is 0.0948. The zero-order valence-electron chi connectivity index (χ0n) is 29.4. The molecule has 0 radical (unpaired) electrons. The van der Waals surface area contributed by atoms with Crippen molar-refractivity contribution in [2.75, 3.05) is 39.3 Å². The van der Waals surface area contributed by atoms with Crippen molar-refractivity contribution in [3.8, 4) is 5.88 Å². The number of piperidine rings is 1. The van der Waals surface area contributed by atoms with Gasteiger partial charge in [-0.05, 0) is 107 Å². The number of amides is 2. The number of ether oxygens (including phenoxy) is 1. The van der Waals surface area contributed by atoms with Crippen LogP contribution in [0.5, 0.6) is 5.88 Å². The molecule has 4 saturated carbocycles. The number of carbonyl (C=O) groups excluding carboxylic acids is 2. The molecule has 2 aromatic heterocycles.